The maximum absolute atomic E-state index is 13.4. The summed E-state index contributed by atoms with van der Waals surface area (Å²) in [4.78, 5) is 19.6. The number of rotatable bonds is 8. The molecular formula is C28H31N5O2. The normalized spacial score (nSPS) is 17.3. The van der Waals surface area contributed by atoms with Crippen molar-refractivity contribution in [1.82, 2.24) is 10.3 Å². The first-order chi connectivity index (χ1) is 17.2. The number of urea groups is 1. The van der Waals surface area contributed by atoms with E-state index in [9.17, 15) is 4.79 Å². The first kappa shape index (κ1) is 24.2. The van der Waals surface area contributed by atoms with Crippen LogP contribution in [0.3, 0.4) is 0 Å². The van der Waals surface area contributed by atoms with Crippen LogP contribution in [-0.2, 0) is 17.9 Å². The highest BCUT2D eigenvalue weighted by molar-refractivity contribution is 5.92. The smallest absolute Gasteiger partial charge is 0.322 e. The maximum atomic E-state index is 13.4. The Hall–Kier alpha value is -3.89. The number of aromatic nitrogens is 1. The summed E-state index contributed by atoms with van der Waals surface area (Å²) in [7, 11) is 1.68. The van der Waals surface area contributed by atoms with Crippen molar-refractivity contribution < 1.29 is 9.53 Å². The molecule has 0 bridgehead atoms. The van der Waals surface area contributed by atoms with Gasteiger partial charge in [-0.25, -0.2) is 9.78 Å². The van der Waals surface area contributed by atoms with Crippen molar-refractivity contribution >= 4 is 17.5 Å². The number of carbonyl (C=O) groups excluding carboxylic acids is 1. The van der Waals surface area contributed by atoms with Crippen molar-refractivity contribution in [3.8, 4) is 6.07 Å². The lowest BCUT2D eigenvalue weighted by molar-refractivity contribution is 0.185. The quantitative estimate of drug-likeness (QED) is 0.471. The van der Waals surface area contributed by atoms with E-state index in [0.29, 0.717) is 18.7 Å². The number of nitriles is 1. The highest BCUT2D eigenvalue weighted by Gasteiger charge is 2.30. The number of nitrogens with one attached hydrogen (secondary N) is 2. The Labute approximate surface area is 206 Å². The predicted octanol–water partition coefficient (Wildman–Crippen LogP) is 5.24. The summed E-state index contributed by atoms with van der Waals surface area (Å²) in [5.74, 6) is 0.777. The Balaban J connectivity index is 1.43. The fraction of sp³-hybridized carbons (Fsp3) is 0.321. The summed E-state index contributed by atoms with van der Waals surface area (Å²) >= 11 is 0. The topological polar surface area (TPSA) is 90.3 Å². The van der Waals surface area contributed by atoms with Crippen LogP contribution in [0.5, 0.6) is 0 Å². The Morgan fingerprint density at radius 3 is 2.40 bits per heavy atom. The lowest BCUT2D eigenvalue weighted by atomic mass is 9.89. The summed E-state index contributed by atoms with van der Waals surface area (Å²) in [6.07, 6.45) is 5.20. The van der Waals surface area contributed by atoms with Gasteiger partial charge >= 0.3 is 6.03 Å². The molecule has 2 N–H and O–H groups in total. The summed E-state index contributed by atoms with van der Waals surface area (Å²) in [5.41, 5.74) is 3.58. The molecule has 0 unspecified atom stereocenters. The molecule has 180 valence electrons. The monoisotopic (exact) mass is 469 g/mol. The van der Waals surface area contributed by atoms with E-state index in [1.165, 1.54) is 0 Å². The van der Waals surface area contributed by atoms with Gasteiger partial charge in [0.05, 0.1) is 12.2 Å². The molecule has 0 spiro atoms. The van der Waals surface area contributed by atoms with Gasteiger partial charge in [-0.15, -0.1) is 0 Å². The van der Waals surface area contributed by atoms with Crippen molar-refractivity contribution in [1.29, 1.82) is 5.26 Å². The summed E-state index contributed by atoms with van der Waals surface area (Å²) in [6.45, 7) is 1.03. The standard InChI is InChI=1S/C28H31N5O2/c1-35-20-22-7-12-25(13-8-22)33(28(34)31-18-21-5-3-2-4-6-21)26-14-10-24(11-15-26)32-27-16-9-23(17-29)19-30-27/h2-9,12-13,16,19,24,26H,10-11,14-15,18,20H2,1H3,(H,30,32)(H,31,34)/t24-,26-. The van der Waals surface area contributed by atoms with Crippen molar-refractivity contribution in [2.75, 3.05) is 17.3 Å². The molecule has 0 saturated heterocycles. The molecule has 0 radical (unpaired) electrons. The van der Waals surface area contributed by atoms with E-state index in [4.69, 9.17) is 10.00 Å². The van der Waals surface area contributed by atoms with Crippen LogP contribution in [-0.4, -0.2) is 30.2 Å². The molecular weight excluding hydrogens is 438 g/mol. The highest BCUT2D eigenvalue weighted by Crippen LogP contribution is 2.29. The maximum Gasteiger partial charge on any atom is 0.322 e. The number of amides is 2. The molecule has 1 aromatic heterocycles. The van der Waals surface area contributed by atoms with Crippen LogP contribution in [0.25, 0.3) is 0 Å². The van der Waals surface area contributed by atoms with Gasteiger partial charge < -0.3 is 15.4 Å². The van der Waals surface area contributed by atoms with Gasteiger partial charge in [-0.3, -0.25) is 4.90 Å². The molecule has 2 aromatic carbocycles. The van der Waals surface area contributed by atoms with E-state index in [0.717, 1.165) is 48.3 Å². The van der Waals surface area contributed by atoms with Gasteiger partial charge in [-0.1, -0.05) is 42.5 Å². The second kappa shape index (κ2) is 12.0. The minimum atomic E-state index is -0.0847. The third-order valence-corrected chi connectivity index (χ3v) is 6.34. The molecule has 3 aromatic rings. The zero-order chi connectivity index (χ0) is 24.5. The van der Waals surface area contributed by atoms with Crippen LogP contribution in [0, 0.1) is 11.3 Å². The average molecular weight is 470 g/mol. The van der Waals surface area contributed by atoms with E-state index >= 15 is 0 Å². The number of anilines is 2. The second-order valence-electron chi connectivity index (χ2n) is 8.81. The highest BCUT2D eigenvalue weighted by atomic mass is 16.5. The molecule has 1 saturated carbocycles. The average Bonchev–Trinajstić information content (AvgIpc) is 2.91. The molecule has 4 rings (SSSR count). The Kier molecular flexibility index (Phi) is 8.31. The summed E-state index contributed by atoms with van der Waals surface area (Å²) < 4.78 is 5.23. The van der Waals surface area contributed by atoms with Gasteiger partial charge in [0.1, 0.15) is 11.9 Å². The van der Waals surface area contributed by atoms with Crippen molar-refractivity contribution in [3.63, 3.8) is 0 Å². The van der Waals surface area contributed by atoms with Gasteiger partial charge in [-0.2, -0.15) is 5.26 Å². The van der Waals surface area contributed by atoms with Gasteiger partial charge in [0.15, 0.2) is 0 Å². The van der Waals surface area contributed by atoms with Crippen molar-refractivity contribution in [2.24, 2.45) is 0 Å². The third kappa shape index (κ3) is 6.58. The van der Waals surface area contributed by atoms with Crippen molar-refractivity contribution in [3.05, 3.63) is 89.6 Å². The number of ether oxygens (including phenoxy) is 1. The first-order valence-electron chi connectivity index (χ1n) is 12.0. The van der Waals surface area contributed by atoms with Crippen LogP contribution in [0.1, 0.15) is 42.4 Å². The van der Waals surface area contributed by atoms with Crippen LogP contribution in [0.2, 0.25) is 0 Å². The third-order valence-electron chi connectivity index (χ3n) is 6.34. The zero-order valence-electron chi connectivity index (χ0n) is 20.0. The number of hydrogen-bond acceptors (Lipinski definition) is 5. The largest absolute Gasteiger partial charge is 0.380 e. The molecule has 0 aliphatic heterocycles. The molecule has 1 aliphatic rings. The van der Waals surface area contributed by atoms with Crippen LogP contribution in [0.4, 0.5) is 16.3 Å². The van der Waals surface area contributed by atoms with Crippen LogP contribution < -0.4 is 15.5 Å². The van der Waals surface area contributed by atoms with E-state index in [1.807, 2.05) is 65.6 Å². The molecule has 7 nitrogen and oxygen atoms in total. The van der Waals surface area contributed by atoms with Gasteiger partial charge in [-0.05, 0) is 61.1 Å². The molecule has 1 heterocycles. The molecule has 1 fully saturated rings. The number of carbonyl (C=O) groups is 1. The van der Waals surface area contributed by atoms with Crippen LogP contribution >= 0.6 is 0 Å². The van der Waals surface area contributed by atoms with E-state index in [2.05, 4.69) is 21.7 Å². The Morgan fingerprint density at radius 1 is 1.03 bits per heavy atom. The van der Waals surface area contributed by atoms with Gasteiger partial charge in [0, 0.05) is 37.6 Å². The van der Waals surface area contributed by atoms with E-state index in [-0.39, 0.29) is 18.1 Å². The number of methoxy groups -OCH3 is 1. The molecule has 0 atom stereocenters. The lowest BCUT2D eigenvalue weighted by Gasteiger charge is -2.37. The fourth-order valence-electron chi connectivity index (χ4n) is 4.50. The van der Waals surface area contributed by atoms with Gasteiger partial charge in [0.2, 0.25) is 0 Å². The van der Waals surface area contributed by atoms with Gasteiger partial charge in [0.25, 0.3) is 0 Å². The molecule has 1 aliphatic carbocycles. The van der Waals surface area contributed by atoms with E-state index in [1.54, 1.807) is 19.4 Å². The molecule has 7 heteroatoms. The summed E-state index contributed by atoms with van der Waals surface area (Å²) in [6, 6.07) is 24.0. The second-order valence-corrected chi connectivity index (χ2v) is 8.81. The Morgan fingerprint density at radius 2 is 1.77 bits per heavy atom. The fourth-order valence-corrected chi connectivity index (χ4v) is 4.50. The van der Waals surface area contributed by atoms with E-state index < -0.39 is 0 Å². The zero-order valence-corrected chi connectivity index (χ0v) is 20.0. The number of hydrogen-bond donors (Lipinski definition) is 2. The molecule has 35 heavy (non-hydrogen) atoms. The van der Waals surface area contributed by atoms with Crippen molar-refractivity contribution in [2.45, 2.75) is 50.9 Å². The minimum absolute atomic E-state index is 0.0847. The SMILES string of the molecule is COCc1ccc(N(C(=O)NCc2ccccc2)[C@H]2CC[C@H](Nc3ccc(C#N)cn3)CC2)cc1. The number of nitrogens with zero attached hydrogens (tertiary/aromatic N) is 3. The van der Waals surface area contributed by atoms with Crippen LogP contribution in [0.15, 0.2) is 72.9 Å². The lowest BCUT2D eigenvalue weighted by Crippen LogP contribution is -2.48. The number of pyridine rings is 1. The number of benzene rings is 2. The first-order valence-corrected chi connectivity index (χ1v) is 12.0. The molecule has 2 amide bonds. The predicted molar refractivity (Wildman–Crippen MR) is 137 cm³/mol. The Bertz CT molecular complexity index is 1120. The summed E-state index contributed by atoms with van der Waals surface area (Å²) in [5, 5.41) is 15.5. The minimum Gasteiger partial charge on any atom is -0.380 e.